The monoisotopic (exact) mass is 379 g/mol. The van der Waals surface area contributed by atoms with E-state index in [9.17, 15) is 15.0 Å². The number of ether oxygens (including phenoxy) is 1. The van der Waals surface area contributed by atoms with Crippen molar-refractivity contribution in [1.29, 1.82) is 0 Å². The van der Waals surface area contributed by atoms with E-state index in [1.165, 1.54) is 0 Å². The summed E-state index contributed by atoms with van der Waals surface area (Å²) in [6.45, 7) is 0.928. The third-order valence-electron chi connectivity index (χ3n) is 3.34. The maximum Gasteiger partial charge on any atom is 0.255 e. The number of phenols is 1. The van der Waals surface area contributed by atoms with Crippen LogP contribution in [-0.4, -0.2) is 33.3 Å². The topological polar surface area (TPSA) is 70.0 Å². The molecule has 2 N–H and O–H groups in total. The molecule has 1 atom stereocenters. The first-order chi connectivity index (χ1) is 11.1. The van der Waals surface area contributed by atoms with Crippen LogP contribution in [0.15, 0.2) is 48.5 Å². The molecule has 0 fully saturated rings. The molecule has 0 aliphatic rings. The van der Waals surface area contributed by atoms with Gasteiger partial charge in [0.1, 0.15) is 11.5 Å². The van der Waals surface area contributed by atoms with E-state index in [4.69, 9.17) is 4.74 Å². The fraction of sp³-hybridized carbons (Fsp3) is 0.235. The Morgan fingerprint density at radius 1 is 1.17 bits per heavy atom. The number of halogens is 1. The average molecular weight is 380 g/mol. The Labute approximate surface area is 143 Å². The molecule has 1 amide bonds. The Bertz CT molecular complexity index is 631. The number of aliphatic hydroxyl groups is 1. The lowest BCUT2D eigenvalue weighted by Gasteiger charge is -2.20. The average Bonchev–Trinajstić information content (AvgIpc) is 2.54. The molecule has 0 aromatic heterocycles. The van der Waals surface area contributed by atoms with E-state index in [0.717, 1.165) is 17.5 Å². The van der Waals surface area contributed by atoms with Crippen molar-refractivity contribution < 1.29 is 19.7 Å². The molecule has 122 valence electrons. The van der Waals surface area contributed by atoms with Crippen LogP contribution in [0, 0.1) is 0 Å². The first-order valence-corrected chi connectivity index (χ1v) is 8.04. The summed E-state index contributed by atoms with van der Waals surface area (Å²) in [5, 5.41) is 17.5. The SMILES string of the molecule is O=CN(CCc1ccc(O)cc1)Cc1ccccc1OC(O)Br. The van der Waals surface area contributed by atoms with E-state index in [-0.39, 0.29) is 5.75 Å². The van der Waals surface area contributed by atoms with Crippen molar-refractivity contribution >= 4 is 22.3 Å². The van der Waals surface area contributed by atoms with Gasteiger partial charge in [-0.25, -0.2) is 0 Å². The van der Waals surface area contributed by atoms with Gasteiger partial charge in [0.05, 0.1) is 0 Å². The molecule has 0 saturated carbocycles. The van der Waals surface area contributed by atoms with Crippen LogP contribution in [0.25, 0.3) is 0 Å². The van der Waals surface area contributed by atoms with Crippen molar-refractivity contribution in [2.24, 2.45) is 0 Å². The summed E-state index contributed by atoms with van der Waals surface area (Å²) in [7, 11) is 0. The van der Waals surface area contributed by atoms with Gasteiger partial charge >= 0.3 is 0 Å². The maximum atomic E-state index is 11.3. The van der Waals surface area contributed by atoms with E-state index >= 15 is 0 Å². The predicted octanol–water partition coefficient (Wildman–Crippen LogP) is 2.64. The first kappa shape index (κ1) is 17.3. The zero-order valence-electron chi connectivity index (χ0n) is 12.4. The molecular weight excluding hydrogens is 362 g/mol. The van der Waals surface area contributed by atoms with Crippen LogP contribution in [0.5, 0.6) is 11.5 Å². The van der Waals surface area contributed by atoms with Crippen molar-refractivity contribution in [3.63, 3.8) is 0 Å². The number of aromatic hydroxyl groups is 1. The second-order valence-electron chi connectivity index (χ2n) is 5.01. The molecule has 0 aliphatic carbocycles. The van der Waals surface area contributed by atoms with E-state index in [1.54, 1.807) is 29.2 Å². The van der Waals surface area contributed by atoms with Crippen LogP contribution >= 0.6 is 15.9 Å². The number of alkyl halides is 1. The highest BCUT2D eigenvalue weighted by molar-refractivity contribution is 9.09. The summed E-state index contributed by atoms with van der Waals surface area (Å²) in [6, 6.07) is 14.2. The number of amides is 1. The molecule has 5 nitrogen and oxygen atoms in total. The zero-order valence-corrected chi connectivity index (χ0v) is 14.0. The first-order valence-electron chi connectivity index (χ1n) is 7.12. The number of hydrogen-bond acceptors (Lipinski definition) is 4. The van der Waals surface area contributed by atoms with Crippen LogP contribution in [-0.2, 0) is 17.8 Å². The number of phenolic OH excluding ortho intramolecular Hbond substituents is 1. The van der Waals surface area contributed by atoms with E-state index < -0.39 is 5.20 Å². The molecule has 0 aliphatic heterocycles. The normalized spacial score (nSPS) is 11.7. The fourth-order valence-electron chi connectivity index (χ4n) is 2.18. The molecule has 0 saturated heterocycles. The number of hydrogen-bond donors (Lipinski definition) is 2. The highest BCUT2D eigenvalue weighted by Crippen LogP contribution is 2.21. The van der Waals surface area contributed by atoms with Gasteiger partial charge in [0.15, 0.2) is 0 Å². The summed E-state index contributed by atoms with van der Waals surface area (Å²) in [5.74, 6) is 0.744. The van der Waals surface area contributed by atoms with Gasteiger partial charge in [-0.2, -0.15) is 0 Å². The Morgan fingerprint density at radius 3 is 2.52 bits per heavy atom. The maximum absolute atomic E-state index is 11.3. The smallest absolute Gasteiger partial charge is 0.255 e. The van der Waals surface area contributed by atoms with Gasteiger partial charge in [0, 0.05) is 18.7 Å². The van der Waals surface area contributed by atoms with Crippen molar-refractivity contribution in [3.8, 4) is 11.5 Å². The molecule has 0 spiro atoms. The lowest BCUT2D eigenvalue weighted by Crippen LogP contribution is -2.24. The Balaban J connectivity index is 1.99. The third kappa shape index (κ3) is 5.58. The number of benzene rings is 2. The van der Waals surface area contributed by atoms with Crippen molar-refractivity contribution in [2.75, 3.05) is 6.54 Å². The van der Waals surface area contributed by atoms with Crippen molar-refractivity contribution in [2.45, 2.75) is 18.2 Å². The van der Waals surface area contributed by atoms with E-state index in [2.05, 4.69) is 15.9 Å². The Kier molecular flexibility index (Phi) is 6.43. The van der Waals surface area contributed by atoms with Crippen molar-refractivity contribution in [1.82, 2.24) is 4.90 Å². The summed E-state index contributed by atoms with van der Waals surface area (Å²) in [6.07, 6.45) is 1.48. The number of rotatable bonds is 8. The Hall–Kier alpha value is -2.05. The van der Waals surface area contributed by atoms with Gasteiger partial charge in [-0.05, 0) is 46.1 Å². The highest BCUT2D eigenvalue weighted by atomic mass is 79.9. The summed E-state index contributed by atoms with van der Waals surface area (Å²) in [5.41, 5.74) is 1.85. The van der Waals surface area contributed by atoms with Gasteiger partial charge < -0.3 is 19.8 Å². The molecule has 2 aromatic rings. The zero-order chi connectivity index (χ0) is 16.7. The van der Waals surface area contributed by atoms with Gasteiger partial charge in [-0.1, -0.05) is 30.3 Å². The number of nitrogens with zero attached hydrogens (tertiary/aromatic N) is 1. The molecule has 0 bridgehead atoms. The number of carbonyl (C=O) groups excluding carboxylic acids is 1. The minimum atomic E-state index is -1.09. The van der Waals surface area contributed by atoms with Crippen molar-refractivity contribution in [3.05, 3.63) is 59.7 Å². The second kappa shape index (κ2) is 8.55. The molecule has 0 heterocycles. The number of aliphatic hydroxyl groups excluding tert-OH is 1. The highest BCUT2D eigenvalue weighted by Gasteiger charge is 2.10. The molecule has 1 unspecified atom stereocenters. The van der Waals surface area contributed by atoms with E-state index in [0.29, 0.717) is 25.3 Å². The second-order valence-corrected chi connectivity index (χ2v) is 5.79. The molecule has 23 heavy (non-hydrogen) atoms. The quantitative estimate of drug-likeness (QED) is 0.420. The van der Waals surface area contributed by atoms with Gasteiger partial charge in [-0.3, -0.25) is 4.79 Å². The van der Waals surface area contributed by atoms with Crippen LogP contribution in [0.4, 0.5) is 0 Å². The van der Waals surface area contributed by atoms with Gasteiger partial charge in [-0.15, -0.1) is 0 Å². The number of para-hydroxylation sites is 1. The van der Waals surface area contributed by atoms with E-state index in [1.807, 2.05) is 24.3 Å². The molecule has 0 radical (unpaired) electrons. The minimum Gasteiger partial charge on any atom is -0.508 e. The molecule has 6 heteroatoms. The Morgan fingerprint density at radius 2 is 1.87 bits per heavy atom. The third-order valence-corrected chi connectivity index (χ3v) is 3.53. The van der Waals surface area contributed by atoms with Crippen LogP contribution in [0.1, 0.15) is 11.1 Å². The predicted molar refractivity (Wildman–Crippen MR) is 90.3 cm³/mol. The van der Waals surface area contributed by atoms with Crippen LogP contribution in [0.2, 0.25) is 0 Å². The lowest BCUT2D eigenvalue weighted by molar-refractivity contribution is -0.118. The van der Waals surface area contributed by atoms with Crippen LogP contribution in [0.3, 0.4) is 0 Å². The summed E-state index contributed by atoms with van der Waals surface area (Å²) in [4.78, 5) is 12.9. The van der Waals surface area contributed by atoms with Crippen LogP contribution < -0.4 is 4.74 Å². The molecule has 2 rings (SSSR count). The molecular formula is C17H18BrNO4. The molecule has 2 aromatic carbocycles. The summed E-state index contributed by atoms with van der Waals surface area (Å²) < 4.78 is 5.27. The number of carbonyl (C=O) groups is 1. The minimum absolute atomic E-state index is 0.223. The summed E-state index contributed by atoms with van der Waals surface area (Å²) >= 11 is 2.93. The lowest BCUT2D eigenvalue weighted by atomic mass is 10.1. The van der Waals surface area contributed by atoms with Gasteiger partial charge in [0.25, 0.3) is 5.20 Å². The fourth-order valence-corrected chi connectivity index (χ4v) is 2.38. The standard InChI is InChI=1S/C17H18BrNO4/c18-17(22)23-16-4-2-1-3-14(16)11-19(12-20)10-9-13-5-7-15(21)8-6-13/h1-8,12,17,21-22H,9-11H2. The largest absolute Gasteiger partial charge is 0.508 e. The van der Waals surface area contributed by atoms with Gasteiger partial charge in [0.2, 0.25) is 6.41 Å².